The van der Waals surface area contributed by atoms with Crippen LogP contribution >= 0.6 is 0 Å². The minimum atomic E-state index is -0.604. The topological polar surface area (TPSA) is 51.0 Å². The zero-order valence-electron chi connectivity index (χ0n) is 15.7. The summed E-state index contributed by atoms with van der Waals surface area (Å²) in [4.78, 5) is 0. The van der Waals surface area contributed by atoms with Gasteiger partial charge in [-0.3, -0.25) is 0 Å². The summed E-state index contributed by atoms with van der Waals surface area (Å²) >= 11 is 0. The Balaban J connectivity index is 1.75. The third kappa shape index (κ3) is 3.78. The first kappa shape index (κ1) is 17.9. The molecule has 0 bridgehead atoms. The van der Waals surface area contributed by atoms with Crippen molar-refractivity contribution in [3.63, 3.8) is 0 Å². The van der Waals surface area contributed by atoms with Crippen LogP contribution in [-0.4, -0.2) is 10.2 Å². The Bertz CT molecular complexity index is 1070. The van der Waals surface area contributed by atoms with Gasteiger partial charge in [-0.15, -0.1) is 10.2 Å². The smallest absolute Gasteiger partial charge is 0.247 e. The fourth-order valence-corrected chi connectivity index (χ4v) is 3.26. The van der Waals surface area contributed by atoms with E-state index < -0.39 is 6.04 Å². The van der Waals surface area contributed by atoms with Crippen molar-refractivity contribution in [1.29, 1.82) is 0 Å². The molecule has 28 heavy (non-hydrogen) atoms. The molecule has 3 aromatic carbocycles. The molecule has 0 aliphatic rings. The average molecular weight is 373 g/mol. The summed E-state index contributed by atoms with van der Waals surface area (Å²) in [5, 5.41) is 11.7. The predicted molar refractivity (Wildman–Crippen MR) is 108 cm³/mol. The predicted octanol–water partition coefficient (Wildman–Crippen LogP) is 5.69. The number of hydrogen-bond donors (Lipinski definition) is 1. The van der Waals surface area contributed by atoms with Gasteiger partial charge in [0.05, 0.1) is 0 Å². The van der Waals surface area contributed by atoms with Gasteiger partial charge in [-0.05, 0) is 55.3 Å². The lowest BCUT2D eigenvalue weighted by Crippen LogP contribution is -2.14. The second-order valence-electron chi connectivity index (χ2n) is 6.79. The second-order valence-corrected chi connectivity index (χ2v) is 6.79. The molecule has 0 aliphatic carbocycles. The fourth-order valence-electron chi connectivity index (χ4n) is 3.26. The monoisotopic (exact) mass is 373 g/mol. The number of anilines is 1. The van der Waals surface area contributed by atoms with Crippen molar-refractivity contribution in [2.75, 3.05) is 5.32 Å². The van der Waals surface area contributed by atoms with Gasteiger partial charge in [0, 0.05) is 16.8 Å². The van der Waals surface area contributed by atoms with Crippen LogP contribution < -0.4 is 5.32 Å². The summed E-state index contributed by atoms with van der Waals surface area (Å²) < 4.78 is 20.5. The summed E-state index contributed by atoms with van der Waals surface area (Å²) in [6.07, 6.45) is 0. The number of hydrogen-bond acceptors (Lipinski definition) is 4. The van der Waals surface area contributed by atoms with Crippen molar-refractivity contribution in [2.24, 2.45) is 0 Å². The Hall–Kier alpha value is -3.47. The Kier molecular flexibility index (Phi) is 4.89. The molecule has 0 fully saturated rings. The van der Waals surface area contributed by atoms with Crippen LogP contribution in [0.1, 0.15) is 28.6 Å². The molecular formula is C23H20FN3O. The molecule has 1 aromatic heterocycles. The SMILES string of the molecule is Cc1cc(C)cc(N[C@@H](c2nnc(-c3ccccc3)o2)c2ccccc2F)c1. The number of benzene rings is 3. The maximum atomic E-state index is 14.6. The Morgan fingerprint density at radius 2 is 1.54 bits per heavy atom. The molecular weight excluding hydrogens is 353 g/mol. The number of nitrogens with zero attached hydrogens (tertiary/aromatic N) is 2. The van der Waals surface area contributed by atoms with E-state index in [-0.39, 0.29) is 5.82 Å². The van der Waals surface area contributed by atoms with Crippen LogP contribution in [0.3, 0.4) is 0 Å². The Morgan fingerprint density at radius 1 is 0.857 bits per heavy atom. The van der Waals surface area contributed by atoms with Crippen LogP contribution in [0.5, 0.6) is 0 Å². The number of aromatic nitrogens is 2. The first-order chi connectivity index (χ1) is 13.6. The Labute approximate surface area is 163 Å². The number of rotatable bonds is 5. The van der Waals surface area contributed by atoms with Crippen molar-refractivity contribution >= 4 is 5.69 Å². The van der Waals surface area contributed by atoms with E-state index in [4.69, 9.17) is 4.42 Å². The third-order valence-corrected chi connectivity index (χ3v) is 4.46. The summed E-state index contributed by atoms with van der Waals surface area (Å²) in [5.74, 6) is 0.381. The molecule has 1 N–H and O–H groups in total. The first-order valence-corrected chi connectivity index (χ1v) is 9.08. The van der Waals surface area contributed by atoms with E-state index in [0.717, 1.165) is 22.4 Å². The van der Waals surface area contributed by atoms with Crippen molar-refractivity contribution in [1.82, 2.24) is 10.2 Å². The van der Waals surface area contributed by atoms with Gasteiger partial charge in [0.1, 0.15) is 11.9 Å². The maximum Gasteiger partial charge on any atom is 0.247 e. The molecule has 0 spiro atoms. The molecule has 0 amide bonds. The van der Waals surface area contributed by atoms with Crippen LogP contribution in [-0.2, 0) is 0 Å². The van der Waals surface area contributed by atoms with Crippen molar-refractivity contribution in [3.8, 4) is 11.5 Å². The van der Waals surface area contributed by atoms with Gasteiger partial charge >= 0.3 is 0 Å². The first-order valence-electron chi connectivity index (χ1n) is 9.08. The van der Waals surface area contributed by atoms with Gasteiger partial charge in [-0.2, -0.15) is 0 Å². The normalized spacial score (nSPS) is 12.0. The van der Waals surface area contributed by atoms with Crippen molar-refractivity contribution in [2.45, 2.75) is 19.9 Å². The summed E-state index contributed by atoms with van der Waals surface area (Å²) in [7, 11) is 0. The standard InChI is InChI=1S/C23H20FN3O/c1-15-12-16(2)14-18(13-15)25-21(19-10-6-7-11-20(19)24)23-27-26-22(28-23)17-8-4-3-5-9-17/h3-14,21,25H,1-2H3/t21-/m1/s1. The van der Waals surface area contributed by atoms with E-state index in [1.54, 1.807) is 18.2 Å². The molecule has 0 aliphatic heterocycles. The summed E-state index contributed by atoms with van der Waals surface area (Å²) in [6.45, 7) is 4.05. The molecule has 0 saturated heterocycles. The molecule has 5 heteroatoms. The van der Waals surface area contributed by atoms with Crippen molar-refractivity contribution in [3.05, 3.63) is 101 Å². The highest BCUT2D eigenvalue weighted by atomic mass is 19.1. The zero-order chi connectivity index (χ0) is 19.5. The van der Waals surface area contributed by atoms with Crippen LogP contribution in [0.4, 0.5) is 10.1 Å². The van der Waals surface area contributed by atoms with Crippen LogP contribution in [0.25, 0.3) is 11.5 Å². The van der Waals surface area contributed by atoms with E-state index in [1.807, 2.05) is 56.3 Å². The molecule has 140 valence electrons. The van der Waals surface area contributed by atoms with Crippen molar-refractivity contribution < 1.29 is 8.81 Å². The van der Waals surface area contributed by atoms with E-state index in [2.05, 4.69) is 21.6 Å². The van der Waals surface area contributed by atoms with E-state index in [0.29, 0.717) is 17.3 Å². The third-order valence-electron chi connectivity index (χ3n) is 4.46. The molecule has 1 atom stereocenters. The number of nitrogens with one attached hydrogen (secondary N) is 1. The lowest BCUT2D eigenvalue weighted by Gasteiger charge is -2.18. The summed E-state index contributed by atoms with van der Waals surface area (Å²) in [5.41, 5.74) is 4.37. The van der Waals surface area contributed by atoms with Gasteiger partial charge < -0.3 is 9.73 Å². The number of aryl methyl sites for hydroxylation is 2. The molecule has 4 nitrogen and oxygen atoms in total. The number of halogens is 1. The van der Waals surface area contributed by atoms with E-state index in [1.165, 1.54) is 6.07 Å². The largest absolute Gasteiger partial charge is 0.418 e. The lowest BCUT2D eigenvalue weighted by atomic mass is 10.0. The maximum absolute atomic E-state index is 14.6. The quantitative estimate of drug-likeness (QED) is 0.488. The average Bonchev–Trinajstić information content (AvgIpc) is 3.17. The van der Waals surface area contributed by atoms with Crippen LogP contribution in [0.2, 0.25) is 0 Å². The molecule has 0 saturated carbocycles. The van der Waals surface area contributed by atoms with E-state index in [9.17, 15) is 4.39 Å². The highest BCUT2D eigenvalue weighted by molar-refractivity contribution is 5.54. The molecule has 0 unspecified atom stereocenters. The fraction of sp³-hybridized carbons (Fsp3) is 0.130. The zero-order valence-corrected chi connectivity index (χ0v) is 15.7. The molecule has 1 heterocycles. The molecule has 4 rings (SSSR count). The Morgan fingerprint density at radius 3 is 2.25 bits per heavy atom. The van der Waals surface area contributed by atoms with E-state index >= 15 is 0 Å². The second kappa shape index (κ2) is 7.64. The van der Waals surface area contributed by atoms with Gasteiger partial charge in [0.25, 0.3) is 0 Å². The molecule has 0 radical (unpaired) electrons. The molecule has 4 aromatic rings. The van der Waals surface area contributed by atoms with Gasteiger partial charge in [0.2, 0.25) is 11.8 Å². The van der Waals surface area contributed by atoms with Gasteiger partial charge in [-0.25, -0.2) is 4.39 Å². The van der Waals surface area contributed by atoms with Crippen LogP contribution in [0.15, 0.2) is 77.2 Å². The lowest BCUT2D eigenvalue weighted by molar-refractivity contribution is 0.485. The van der Waals surface area contributed by atoms with Gasteiger partial charge in [-0.1, -0.05) is 42.5 Å². The van der Waals surface area contributed by atoms with Gasteiger partial charge in [0.15, 0.2) is 0 Å². The summed E-state index contributed by atoms with van der Waals surface area (Å²) in [6, 6.07) is 21.6. The minimum Gasteiger partial charge on any atom is -0.418 e. The highest BCUT2D eigenvalue weighted by Gasteiger charge is 2.24. The van der Waals surface area contributed by atoms with Crippen LogP contribution in [0, 0.1) is 19.7 Å². The highest BCUT2D eigenvalue weighted by Crippen LogP contribution is 2.30. The minimum absolute atomic E-state index is 0.308.